The maximum atomic E-state index is 14.5. The molecule has 3 aromatic carbocycles. The first-order valence-corrected chi connectivity index (χ1v) is 14.9. The van der Waals surface area contributed by atoms with E-state index in [0.29, 0.717) is 23.7 Å². The van der Waals surface area contributed by atoms with Gasteiger partial charge in [0.05, 0.1) is 37.9 Å². The number of carbonyl (C=O) groups is 2. The molecule has 0 radical (unpaired) electrons. The van der Waals surface area contributed by atoms with Crippen molar-refractivity contribution in [1.82, 2.24) is 9.47 Å². The number of hydrogen-bond donors (Lipinski definition) is 0. The highest BCUT2D eigenvalue weighted by atomic mass is 16.5. The Labute approximate surface area is 252 Å². The van der Waals surface area contributed by atoms with Gasteiger partial charge in [0, 0.05) is 23.4 Å². The highest BCUT2D eigenvalue weighted by Crippen LogP contribution is 2.45. The lowest BCUT2D eigenvalue weighted by molar-refractivity contribution is -0.119. The van der Waals surface area contributed by atoms with Gasteiger partial charge in [-0.15, -0.1) is 0 Å². The van der Waals surface area contributed by atoms with Gasteiger partial charge in [-0.3, -0.25) is 14.5 Å². The lowest BCUT2D eigenvalue weighted by atomic mass is 9.96. The summed E-state index contributed by atoms with van der Waals surface area (Å²) < 4.78 is 19.3. The second kappa shape index (κ2) is 12.3. The zero-order valence-electron chi connectivity index (χ0n) is 24.9. The van der Waals surface area contributed by atoms with Gasteiger partial charge in [-0.1, -0.05) is 25.5 Å². The Morgan fingerprint density at radius 3 is 2.33 bits per heavy atom. The summed E-state index contributed by atoms with van der Waals surface area (Å²) in [5.74, 6) is 1.72. The third-order valence-electron chi connectivity index (χ3n) is 8.14. The minimum absolute atomic E-state index is 0.0330. The Balaban J connectivity index is 1.35. The summed E-state index contributed by atoms with van der Waals surface area (Å²) >= 11 is 0. The smallest absolute Gasteiger partial charge is 0.254 e. The number of anilines is 1. The highest BCUT2D eigenvalue weighted by molar-refractivity contribution is 6.03. The predicted molar refractivity (Wildman–Crippen MR) is 166 cm³/mol. The van der Waals surface area contributed by atoms with Crippen LogP contribution in [0.1, 0.15) is 60.3 Å². The third-order valence-corrected chi connectivity index (χ3v) is 8.14. The molecule has 1 aliphatic heterocycles. The molecule has 8 nitrogen and oxygen atoms in total. The van der Waals surface area contributed by atoms with Crippen LogP contribution in [0.4, 0.5) is 5.69 Å². The van der Waals surface area contributed by atoms with E-state index in [0.717, 1.165) is 54.1 Å². The molecule has 6 rings (SSSR count). The molecule has 4 aromatic rings. The molecule has 0 unspecified atom stereocenters. The number of rotatable bonds is 11. The SMILES string of the molecule is CCCCOc1ccc(C(=O)N(CC(=O)N2c3ccccc3-n3cccc3[C@H]2c2cc(OC)ccc2OC)C2CC2)cc1. The van der Waals surface area contributed by atoms with E-state index in [2.05, 4.69) is 11.5 Å². The molecule has 0 spiro atoms. The fourth-order valence-electron chi connectivity index (χ4n) is 5.78. The summed E-state index contributed by atoms with van der Waals surface area (Å²) in [6.07, 6.45) is 5.80. The Morgan fingerprint density at radius 1 is 0.884 bits per heavy atom. The maximum absolute atomic E-state index is 14.5. The van der Waals surface area contributed by atoms with Crippen LogP contribution in [0.25, 0.3) is 5.69 Å². The van der Waals surface area contributed by atoms with Crippen LogP contribution >= 0.6 is 0 Å². The number of carbonyl (C=O) groups excluding carboxylic acids is 2. The van der Waals surface area contributed by atoms with Crippen LogP contribution in [-0.4, -0.2) is 54.7 Å². The van der Waals surface area contributed by atoms with E-state index in [-0.39, 0.29) is 24.4 Å². The van der Waals surface area contributed by atoms with Crippen LogP contribution in [0.3, 0.4) is 0 Å². The number of para-hydroxylation sites is 2. The van der Waals surface area contributed by atoms with Crippen molar-refractivity contribution < 1.29 is 23.8 Å². The Morgan fingerprint density at radius 2 is 1.63 bits per heavy atom. The molecule has 2 aliphatic rings. The van der Waals surface area contributed by atoms with Gasteiger partial charge in [0.15, 0.2) is 0 Å². The Hall–Kier alpha value is -4.72. The van der Waals surface area contributed by atoms with Crippen LogP contribution in [0, 0.1) is 0 Å². The monoisotopic (exact) mass is 579 g/mol. The van der Waals surface area contributed by atoms with Gasteiger partial charge in [0.1, 0.15) is 29.8 Å². The molecule has 8 heteroatoms. The van der Waals surface area contributed by atoms with E-state index in [1.54, 1.807) is 31.3 Å². The average Bonchev–Trinajstić information content (AvgIpc) is 3.77. The van der Waals surface area contributed by atoms with Crippen LogP contribution in [0.2, 0.25) is 0 Å². The number of unbranched alkanes of at least 4 members (excludes halogenated alkanes) is 1. The number of hydrogen-bond acceptors (Lipinski definition) is 5. The quantitative estimate of drug-likeness (QED) is 0.192. The standard InChI is InChI=1S/C35H37N3O5/c1-4-5-21-43-26-16-12-24(13-17-26)35(40)37(25-14-15-25)23-33(39)38-30-10-7-6-9-29(30)36-20-8-11-31(36)34(38)28-22-27(41-2)18-19-32(28)42-3/h6-13,16-20,22,25,34H,4-5,14-15,21,23H2,1-3H3/t34-/m1/s1. The Kier molecular flexibility index (Phi) is 8.09. The summed E-state index contributed by atoms with van der Waals surface area (Å²) in [6.45, 7) is 2.72. The van der Waals surface area contributed by atoms with Crippen molar-refractivity contribution in [2.75, 3.05) is 32.3 Å². The van der Waals surface area contributed by atoms with Crippen LogP contribution in [-0.2, 0) is 4.79 Å². The van der Waals surface area contributed by atoms with Crippen molar-refractivity contribution >= 4 is 17.5 Å². The second-order valence-electron chi connectivity index (χ2n) is 11.0. The number of fused-ring (bicyclic) bond motifs is 3. The molecule has 43 heavy (non-hydrogen) atoms. The van der Waals surface area contributed by atoms with E-state index < -0.39 is 6.04 Å². The molecule has 1 aliphatic carbocycles. The van der Waals surface area contributed by atoms with Crippen molar-refractivity contribution in [3.8, 4) is 22.9 Å². The van der Waals surface area contributed by atoms with E-state index in [1.807, 2.05) is 77.8 Å². The summed E-state index contributed by atoms with van der Waals surface area (Å²) in [6, 6.07) is 24.3. The molecular weight excluding hydrogens is 542 g/mol. The minimum Gasteiger partial charge on any atom is -0.497 e. The average molecular weight is 580 g/mol. The van der Waals surface area contributed by atoms with E-state index in [4.69, 9.17) is 14.2 Å². The second-order valence-corrected chi connectivity index (χ2v) is 11.0. The molecule has 0 saturated heterocycles. The van der Waals surface area contributed by atoms with Gasteiger partial charge < -0.3 is 23.7 Å². The molecule has 1 saturated carbocycles. The van der Waals surface area contributed by atoms with Crippen LogP contribution in [0.15, 0.2) is 85.1 Å². The van der Waals surface area contributed by atoms with E-state index in [1.165, 1.54) is 0 Å². The number of benzene rings is 3. The first kappa shape index (κ1) is 28.4. The zero-order chi connectivity index (χ0) is 29.9. The molecule has 1 aromatic heterocycles. The number of methoxy groups -OCH3 is 2. The minimum atomic E-state index is -0.502. The summed E-state index contributed by atoms with van der Waals surface area (Å²) in [4.78, 5) is 31.9. The number of aromatic nitrogens is 1. The van der Waals surface area contributed by atoms with Gasteiger partial charge in [-0.05, 0) is 86.0 Å². The summed E-state index contributed by atoms with van der Waals surface area (Å²) in [5.41, 5.74) is 3.93. The molecule has 1 atom stereocenters. The first-order valence-electron chi connectivity index (χ1n) is 14.9. The Bertz CT molecular complexity index is 1610. The lowest BCUT2D eigenvalue weighted by Crippen LogP contribution is -2.47. The lowest BCUT2D eigenvalue weighted by Gasteiger charge is -2.40. The molecule has 2 heterocycles. The topological polar surface area (TPSA) is 73.2 Å². The zero-order valence-corrected chi connectivity index (χ0v) is 24.9. The normalized spacial score (nSPS) is 15.3. The summed E-state index contributed by atoms with van der Waals surface area (Å²) in [5, 5.41) is 0. The van der Waals surface area contributed by atoms with Crippen molar-refractivity contribution in [1.29, 1.82) is 0 Å². The molecule has 222 valence electrons. The third kappa shape index (κ3) is 5.57. The van der Waals surface area contributed by atoms with Gasteiger partial charge in [0.25, 0.3) is 5.91 Å². The predicted octanol–water partition coefficient (Wildman–Crippen LogP) is 6.41. The van der Waals surface area contributed by atoms with Crippen molar-refractivity contribution in [3.05, 3.63) is 102 Å². The van der Waals surface area contributed by atoms with Gasteiger partial charge in [0.2, 0.25) is 5.91 Å². The molecule has 2 amide bonds. The summed E-state index contributed by atoms with van der Waals surface area (Å²) in [7, 11) is 3.25. The largest absolute Gasteiger partial charge is 0.497 e. The van der Waals surface area contributed by atoms with Gasteiger partial charge >= 0.3 is 0 Å². The van der Waals surface area contributed by atoms with Crippen molar-refractivity contribution in [2.24, 2.45) is 0 Å². The van der Waals surface area contributed by atoms with E-state index >= 15 is 0 Å². The maximum Gasteiger partial charge on any atom is 0.254 e. The number of amides is 2. The van der Waals surface area contributed by atoms with Gasteiger partial charge in [-0.2, -0.15) is 0 Å². The van der Waals surface area contributed by atoms with Crippen molar-refractivity contribution in [2.45, 2.75) is 44.7 Å². The fourth-order valence-corrected chi connectivity index (χ4v) is 5.78. The van der Waals surface area contributed by atoms with Crippen molar-refractivity contribution in [3.63, 3.8) is 0 Å². The fraction of sp³-hybridized carbons (Fsp3) is 0.314. The highest BCUT2D eigenvalue weighted by Gasteiger charge is 2.41. The molecule has 0 N–H and O–H groups in total. The molecule has 1 fully saturated rings. The number of ether oxygens (including phenoxy) is 3. The van der Waals surface area contributed by atoms with Crippen LogP contribution < -0.4 is 19.1 Å². The molecular formula is C35H37N3O5. The number of nitrogens with zero attached hydrogens (tertiary/aromatic N) is 3. The van der Waals surface area contributed by atoms with Gasteiger partial charge in [-0.25, -0.2) is 0 Å². The van der Waals surface area contributed by atoms with Crippen LogP contribution in [0.5, 0.6) is 17.2 Å². The first-order chi connectivity index (χ1) is 21.0. The molecule has 0 bridgehead atoms. The van der Waals surface area contributed by atoms with E-state index in [9.17, 15) is 9.59 Å².